The maximum atomic E-state index is 12.2. The van der Waals surface area contributed by atoms with Gasteiger partial charge in [0, 0.05) is 32.7 Å². The molecule has 6 heteroatoms. The molecule has 0 aromatic rings. The summed E-state index contributed by atoms with van der Waals surface area (Å²) in [5, 5.41) is 8.93. The molecular formula is C13H22N2O4. The van der Waals surface area contributed by atoms with Crippen LogP contribution in [0.5, 0.6) is 0 Å². The molecule has 1 N–H and O–H groups in total. The summed E-state index contributed by atoms with van der Waals surface area (Å²) in [5.74, 6) is -1.10. The molecule has 0 aliphatic carbocycles. The zero-order chi connectivity index (χ0) is 14.2. The second kappa shape index (κ2) is 5.36. The van der Waals surface area contributed by atoms with Crippen molar-refractivity contribution in [1.29, 1.82) is 0 Å². The Labute approximate surface area is 113 Å². The van der Waals surface area contributed by atoms with Crippen molar-refractivity contribution in [2.45, 2.75) is 32.4 Å². The molecule has 0 saturated carbocycles. The predicted molar refractivity (Wildman–Crippen MR) is 68.8 cm³/mol. The highest BCUT2D eigenvalue weighted by Crippen LogP contribution is 2.27. The average molecular weight is 270 g/mol. The molecule has 2 amide bonds. The van der Waals surface area contributed by atoms with Crippen LogP contribution in [0.1, 0.15) is 20.3 Å². The van der Waals surface area contributed by atoms with Gasteiger partial charge in [-0.1, -0.05) is 6.92 Å². The molecule has 19 heavy (non-hydrogen) atoms. The van der Waals surface area contributed by atoms with Gasteiger partial charge in [-0.2, -0.15) is 0 Å². The van der Waals surface area contributed by atoms with Gasteiger partial charge in [0.15, 0.2) is 0 Å². The van der Waals surface area contributed by atoms with Crippen molar-refractivity contribution in [1.82, 2.24) is 9.80 Å². The number of urea groups is 1. The van der Waals surface area contributed by atoms with Crippen molar-refractivity contribution < 1.29 is 19.4 Å². The van der Waals surface area contributed by atoms with Crippen LogP contribution in [0, 0.1) is 11.8 Å². The van der Waals surface area contributed by atoms with Gasteiger partial charge in [-0.25, -0.2) is 4.79 Å². The lowest BCUT2D eigenvalue weighted by Crippen LogP contribution is -2.58. The molecule has 6 nitrogen and oxygen atoms in total. The normalized spacial score (nSPS) is 28.9. The first-order chi connectivity index (χ1) is 8.91. The van der Waals surface area contributed by atoms with Crippen LogP contribution in [0.2, 0.25) is 0 Å². The molecule has 2 fully saturated rings. The Kier molecular flexibility index (Phi) is 3.99. The summed E-state index contributed by atoms with van der Waals surface area (Å²) in [4.78, 5) is 26.6. The molecule has 3 unspecified atom stereocenters. The number of likely N-dealkylation sites (N-methyl/N-ethyl adjacent to an activating group) is 1. The zero-order valence-electron chi connectivity index (χ0n) is 11.7. The standard InChI is InChI=1S/C13H22N2O4/c1-8(12(16)17)10-6-15(7-10)13(18)14(3)11-4-5-19-9(11)2/h8-11H,4-7H2,1-3H3,(H,16,17). The lowest BCUT2D eigenvalue weighted by molar-refractivity contribution is -0.144. The zero-order valence-corrected chi connectivity index (χ0v) is 11.7. The third kappa shape index (κ3) is 2.68. The second-order valence-corrected chi connectivity index (χ2v) is 5.62. The third-order valence-electron chi connectivity index (χ3n) is 4.41. The Hall–Kier alpha value is -1.30. The van der Waals surface area contributed by atoms with E-state index in [1.807, 2.05) is 6.92 Å². The molecule has 3 atom stereocenters. The monoisotopic (exact) mass is 270 g/mol. The number of likely N-dealkylation sites (tertiary alicyclic amines) is 1. The minimum absolute atomic E-state index is 0.0174. The number of amides is 2. The molecule has 0 spiro atoms. The summed E-state index contributed by atoms with van der Waals surface area (Å²) in [6, 6.07) is 0.111. The van der Waals surface area contributed by atoms with Crippen molar-refractivity contribution in [3.05, 3.63) is 0 Å². The van der Waals surface area contributed by atoms with Crippen molar-refractivity contribution >= 4 is 12.0 Å². The van der Waals surface area contributed by atoms with Gasteiger partial charge < -0.3 is 19.6 Å². The van der Waals surface area contributed by atoms with E-state index in [-0.39, 0.29) is 30.0 Å². The van der Waals surface area contributed by atoms with Gasteiger partial charge in [-0.05, 0) is 13.3 Å². The van der Waals surface area contributed by atoms with Crippen LogP contribution in [0.4, 0.5) is 4.79 Å². The fraction of sp³-hybridized carbons (Fsp3) is 0.846. The van der Waals surface area contributed by atoms with Crippen LogP contribution in [-0.2, 0) is 9.53 Å². The Balaban J connectivity index is 1.84. The molecule has 2 heterocycles. The van der Waals surface area contributed by atoms with Crippen molar-refractivity contribution in [3.8, 4) is 0 Å². The van der Waals surface area contributed by atoms with E-state index in [4.69, 9.17) is 9.84 Å². The van der Waals surface area contributed by atoms with Gasteiger partial charge in [0.25, 0.3) is 0 Å². The fourth-order valence-corrected chi connectivity index (χ4v) is 2.78. The van der Waals surface area contributed by atoms with Crippen LogP contribution < -0.4 is 0 Å². The van der Waals surface area contributed by atoms with E-state index in [9.17, 15) is 9.59 Å². The number of hydrogen-bond acceptors (Lipinski definition) is 3. The van der Waals surface area contributed by atoms with Crippen LogP contribution >= 0.6 is 0 Å². The Morgan fingerprint density at radius 3 is 2.53 bits per heavy atom. The third-order valence-corrected chi connectivity index (χ3v) is 4.41. The number of hydrogen-bond donors (Lipinski definition) is 1. The number of ether oxygens (including phenoxy) is 1. The van der Waals surface area contributed by atoms with Crippen LogP contribution in [-0.4, -0.2) is 65.8 Å². The fourth-order valence-electron chi connectivity index (χ4n) is 2.78. The van der Waals surface area contributed by atoms with E-state index in [1.165, 1.54) is 0 Å². The topological polar surface area (TPSA) is 70.1 Å². The summed E-state index contributed by atoms with van der Waals surface area (Å²) in [7, 11) is 1.80. The minimum atomic E-state index is -0.789. The number of carbonyl (C=O) groups excluding carboxylic acids is 1. The van der Waals surface area contributed by atoms with Gasteiger partial charge in [-0.3, -0.25) is 4.79 Å². The maximum Gasteiger partial charge on any atom is 0.320 e. The highest BCUT2D eigenvalue weighted by atomic mass is 16.5. The molecular weight excluding hydrogens is 248 g/mol. The summed E-state index contributed by atoms with van der Waals surface area (Å²) in [5.41, 5.74) is 0. The van der Waals surface area contributed by atoms with Crippen molar-refractivity contribution in [2.75, 3.05) is 26.7 Å². The van der Waals surface area contributed by atoms with Crippen LogP contribution in [0.15, 0.2) is 0 Å². The quantitative estimate of drug-likeness (QED) is 0.826. The SMILES string of the molecule is CC1OCCC1N(C)C(=O)N1CC(C(C)C(=O)O)C1. The molecule has 0 radical (unpaired) electrons. The second-order valence-electron chi connectivity index (χ2n) is 5.62. The van der Waals surface area contributed by atoms with Gasteiger partial charge in [0.1, 0.15) is 0 Å². The first-order valence-corrected chi connectivity index (χ1v) is 6.78. The molecule has 0 bridgehead atoms. The number of carboxylic acid groups (broad SMARTS) is 1. The molecule has 0 aromatic carbocycles. The number of aliphatic carboxylic acids is 1. The smallest absolute Gasteiger partial charge is 0.320 e. The molecule has 2 aliphatic rings. The molecule has 2 aliphatic heterocycles. The Bertz CT molecular complexity index is 368. The largest absolute Gasteiger partial charge is 0.481 e. The molecule has 0 aromatic heterocycles. The van der Waals surface area contributed by atoms with E-state index in [0.717, 1.165) is 6.42 Å². The number of carbonyl (C=O) groups is 2. The van der Waals surface area contributed by atoms with E-state index in [0.29, 0.717) is 19.7 Å². The van der Waals surface area contributed by atoms with E-state index >= 15 is 0 Å². The minimum Gasteiger partial charge on any atom is -0.481 e. The first kappa shape index (κ1) is 14.1. The first-order valence-electron chi connectivity index (χ1n) is 6.78. The Morgan fingerprint density at radius 2 is 2.05 bits per heavy atom. The summed E-state index contributed by atoms with van der Waals surface area (Å²) < 4.78 is 5.47. The lowest BCUT2D eigenvalue weighted by Gasteiger charge is -2.44. The van der Waals surface area contributed by atoms with E-state index in [1.54, 1.807) is 23.8 Å². The average Bonchev–Trinajstić information content (AvgIpc) is 2.72. The molecule has 108 valence electrons. The number of nitrogens with zero attached hydrogens (tertiary/aromatic N) is 2. The predicted octanol–water partition coefficient (Wildman–Crippen LogP) is 0.868. The summed E-state index contributed by atoms with van der Waals surface area (Å²) in [6.45, 7) is 5.46. The van der Waals surface area contributed by atoms with Gasteiger partial charge in [0.2, 0.25) is 0 Å². The maximum absolute atomic E-state index is 12.2. The van der Waals surface area contributed by atoms with Crippen LogP contribution in [0.25, 0.3) is 0 Å². The van der Waals surface area contributed by atoms with Gasteiger partial charge in [-0.15, -0.1) is 0 Å². The summed E-state index contributed by atoms with van der Waals surface area (Å²) >= 11 is 0. The van der Waals surface area contributed by atoms with Gasteiger partial charge in [0.05, 0.1) is 18.1 Å². The number of rotatable bonds is 3. The highest BCUT2D eigenvalue weighted by molar-refractivity contribution is 5.76. The summed E-state index contributed by atoms with van der Waals surface area (Å²) in [6.07, 6.45) is 0.940. The number of carboxylic acids is 1. The van der Waals surface area contributed by atoms with E-state index < -0.39 is 5.97 Å². The highest BCUT2D eigenvalue weighted by Gasteiger charge is 2.40. The van der Waals surface area contributed by atoms with Crippen molar-refractivity contribution in [3.63, 3.8) is 0 Å². The molecule has 2 rings (SSSR count). The molecule has 2 saturated heterocycles. The van der Waals surface area contributed by atoms with Crippen LogP contribution in [0.3, 0.4) is 0 Å². The lowest BCUT2D eigenvalue weighted by atomic mass is 9.87. The van der Waals surface area contributed by atoms with Gasteiger partial charge >= 0.3 is 12.0 Å². The Morgan fingerprint density at radius 1 is 1.42 bits per heavy atom. The van der Waals surface area contributed by atoms with Crippen molar-refractivity contribution in [2.24, 2.45) is 11.8 Å². The van der Waals surface area contributed by atoms with E-state index in [2.05, 4.69) is 0 Å².